The summed E-state index contributed by atoms with van der Waals surface area (Å²) in [5, 5.41) is 0. The first-order valence-corrected chi connectivity index (χ1v) is 11.4. The maximum Gasteiger partial charge on any atom is 0.159 e. The Labute approximate surface area is 171 Å². The molecule has 0 aliphatic heterocycles. The molecule has 0 spiro atoms. The molecule has 1 aromatic carbocycles. The fraction of sp³-hybridized carbons (Fsp3) is 0.600. The molecule has 1 aromatic heterocycles. The highest BCUT2D eigenvalue weighted by atomic mass is 16.5. The third kappa shape index (κ3) is 6.05. The van der Waals surface area contributed by atoms with Crippen molar-refractivity contribution in [2.45, 2.75) is 84.5 Å². The van der Waals surface area contributed by atoms with Crippen LogP contribution in [0.1, 0.15) is 82.9 Å². The maximum absolute atomic E-state index is 5.85. The van der Waals surface area contributed by atoms with Gasteiger partial charge in [-0.2, -0.15) is 0 Å². The van der Waals surface area contributed by atoms with E-state index in [0.717, 1.165) is 48.9 Å². The van der Waals surface area contributed by atoms with E-state index in [1.807, 2.05) is 12.1 Å². The van der Waals surface area contributed by atoms with Crippen LogP contribution in [0.4, 0.5) is 0 Å². The van der Waals surface area contributed by atoms with Gasteiger partial charge in [0.15, 0.2) is 5.82 Å². The molecule has 3 nitrogen and oxygen atoms in total. The Morgan fingerprint density at radius 2 is 1.75 bits per heavy atom. The van der Waals surface area contributed by atoms with Crippen molar-refractivity contribution in [1.82, 2.24) is 9.97 Å². The van der Waals surface area contributed by atoms with Gasteiger partial charge in [0.05, 0.1) is 6.61 Å². The summed E-state index contributed by atoms with van der Waals surface area (Å²) < 4.78 is 5.85. The molecule has 3 heteroatoms. The normalized spacial score (nSPS) is 16.0. The van der Waals surface area contributed by atoms with Gasteiger partial charge in [-0.1, -0.05) is 58.8 Å². The van der Waals surface area contributed by atoms with Crippen LogP contribution in [-0.4, -0.2) is 16.6 Å². The molecular weight excluding hydrogens is 344 g/mol. The molecular formula is C25H36N2O. The van der Waals surface area contributed by atoms with E-state index in [-0.39, 0.29) is 0 Å². The molecule has 2 aromatic rings. The van der Waals surface area contributed by atoms with Gasteiger partial charge in [0, 0.05) is 17.5 Å². The van der Waals surface area contributed by atoms with Crippen LogP contribution in [0.15, 0.2) is 30.5 Å². The highest BCUT2D eigenvalue weighted by Gasteiger charge is 2.20. The molecule has 0 saturated carbocycles. The van der Waals surface area contributed by atoms with Crippen molar-refractivity contribution in [2.24, 2.45) is 5.92 Å². The number of rotatable bonds is 11. The lowest BCUT2D eigenvalue weighted by Gasteiger charge is -2.23. The monoisotopic (exact) mass is 380 g/mol. The summed E-state index contributed by atoms with van der Waals surface area (Å²) in [5.74, 6) is 2.60. The van der Waals surface area contributed by atoms with Gasteiger partial charge in [-0.05, 0) is 61.4 Å². The molecule has 3 rings (SSSR count). The second kappa shape index (κ2) is 11.2. The Bertz CT molecular complexity index is 711. The van der Waals surface area contributed by atoms with Crippen molar-refractivity contribution in [2.75, 3.05) is 6.61 Å². The van der Waals surface area contributed by atoms with Crippen LogP contribution in [0.3, 0.4) is 0 Å². The second-order valence-corrected chi connectivity index (χ2v) is 8.20. The molecule has 0 N–H and O–H groups in total. The van der Waals surface area contributed by atoms with Crippen molar-refractivity contribution in [3.63, 3.8) is 0 Å². The van der Waals surface area contributed by atoms with Gasteiger partial charge in [-0.25, -0.2) is 9.97 Å². The third-order valence-corrected chi connectivity index (χ3v) is 5.85. The van der Waals surface area contributed by atoms with Crippen LogP contribution in [-0.2, 0) is 12.8 Å². The topological polar surface area (TPSA) is 35.0 Å². The summed E-state index contributed by atoms with van der Waals surface area (Å²) in [6.45, 7) is 5.31. The Kier molecular flexibility index (Phi) is 8.32. The number of nitrogens with zero attached hydrogens (tertiary/aromatic N) is 2. The maximum atomic E-state index is 5.85. The Balaban J connectivity index is 1.55. The molecule has 1 atom stereocenters. The molecule has 1 heterocycles. The number of unbranched alkanes of at least 4 members (excludes halogenated alkanes) is 5. The van der Waals surface area contributed by atoms with Gasteiger partial charge < -0.3 is 4.74 Å². The van der Waals surface area contributed by atoms with Crippen LogP contribution in [0.25, 0.3) is 11.4 Å². The summed E-state index contributed by atoms with van der Waals surface area (Å²) >= 11 is 0. The smallest absolute Gasteiger partial charge is 0.159 e. The lowest BCUT2D eigenvalue weighted by atomic mass is 9.84. The number of benzene rings is 1. The molecule has 1 aliphatic rings. The predicted molar refractivity (Wildman–Crippen MR) is 117 cm³/mol. The highest BCUT2D eigenvalue weighted by Crippen LogP contribution is 2.29. The van der Waals surface area contributed by atoms with Crippen molar-refractivity contribution in [3.05, 3.63) is 41.7 Å². The number of hydrogen-bond acceptors (Lipinski definition) is 3. The number of aryl methyl sites for hydroxylation is 1. The summed E-state index contributed by atoms with van der Waals surface area (Å²) in [4.78, 5) is 9.55. The largest absolute Gasteiger partial charge is 0.494 e. The quantitative estimate of drug-likeness (QED) is 0.403. The fourth-order valence-corrected chi connectivity index (χ4v) is 4.07. The van der Waals surface area contributed by atoms with Crippen LogP contribution in [0.2, 0.25) is 0 Å². The number of hydrogen-bond donors (Lipinski definition) is 0. The van der Waals surface area contributed by atoms with Crippen molar-refractivity contribution < 1.29 is 4.74 Å². The lowest BCUT2D eigenvalue weighted by molar-refractivity contribution is 0.305. The van der Waals surface area contributed by atoms with E-state index in [9.17, 15) is 0 Å². The highest BCUT2D eigenvalue weighted by molar-refractivity contribution is 5.56. The van der Waals surface area contributed by atoms with E-state index >= 15 is 0 Å². The van der Waals surface area contributed by atoms with Crippen LogP contribution in [0, 0.1) is 5.92 Å². The minimum Gasteiger partial charge on any atom is -0.494 e. The molecule has 1 aliphatic carbocycles. The van der Waals surface area contributed by atoms with Gasteiger partial charge >= 0.3 is 0 Å². The molecule has 1 unspecified atom stereocenters. The van der Waals surface area contributed by atoms with E-state index in [4.69, 9.17) is 9.72 Å². The molecule has 0 radical (unpaired) electrons. The van der Waals surface area contributed by atoms with Crippen LogP contribution in [0.5, 0.6) is 5.75 Å². The Morgan fingerprint density at radius 3 is 2.54 bits per heavy atom. The summed E-state index contributed by atoms with van der Waals surface area (Å²) in [6.07, 6.45) is 15.9. The Hall–Kier alpha value is -1.90. The minimum atomic E-state index is 0.800. The number of aromatic nitrogens is 2. The van der Waals surface area contributed by atoms with Crippen LogP contribution >= 0.6 is 0 Å². The second-order valence-electron chi connectivity index (χ2n) is 8.20. The van der Waals surface area contributed by atoms with E-state index in [2.05, 4.69) is 37.2 Å². The van der Waals surface area contributed by atoms with Gasteiger partial charge in [0.1, 0.15) is 5.75 Å². The lowest BCUT2D eigenvalue weighted by Crippen LogP contribution is -2.16. The Morgan fingerprint density at radius 1 is 0.964 bits per heavy atom. The first-order valence-electron chi connectivity index (χ1n) is 11.4. The van der Waals surface area contributed by atoms with Crippen molar-refractivity contribution >= 4 is 0 Å². The predicted octanol–water partition coefficient (Wildman–Crippen LogP) is 6.79. The summed E-state index contributed by atoms with van der Waals surface area (Å²) in [6, 6.07) is 8.25. The number of ether oxygens (including phenoxy) is 1. The zero-order chi connectivity index (χ0) is 19.6. The molecule has 0 saturated heterocycles. The molecule has 0 bridgehead atoms. The minimum absolute atomic E-state index is 0.800. The fourth-order valence-electron chi connectivity index (χ4n) is 4.07. The van der Waals surface area contributed by atoms with Gasteiger partial charge in [0.2, 0.25) is 0 Å². The zero-order valence-corrected chi connectivity index (χ0v) is 17.8. The van der Waals surface area contributed by atoms with Crippen molar-refractivity contribution in [1.29, 1.82) is 0 Å². The van der Waals surface area contributed by atoms with Gasteiger partial charge in [0.25, 0.3) is 0 Å². The van der Waals surface area contributed by atoms with Gasteiger partial charge in [-0.15, -0.1) is 0 Å². The van der Waals surface area contributed by atoms with Gasteiger partial charge in [-0.3, -0.25) is 0 Å². The van der Waals surface area contributed by atoms with E-state index in [1.54, 1.807) is 0 Å². The first-order chi connectivity index (χ1) is 13.8. The van der Waals surface area contributed by atoms with E-state index in [1.165, 1.54) is 62.6 Å². The number of fused-ring (bicyclic) bond motifs is 1. The molecule has 0 fully saturated rings. The molecule has 0 amide bonds. The molecule has 28 heavy (non-hydrogen) atoms. The summed E-state index contributed by atoms with van der Waals surface area (Å²) in [5.41, 5.74) is 3.70. The standard InChI is InChI=1S/C25H36N2O/c1-3-5-7-9-17-28-23-14-12-21(13-15-23)25-26-19-22-18-20(10-8-6-4-2)11-16-24(22)27-25/h12-15,19-20H,3-11,16-18H2,1-2H3. The molecule has 152 valence electrons. The first kappa shape index (κ1) is 20.8. The third-order valence-electron chi connectivity index (χ3n) is 5.85. The van der Waals surface area contributed by atoms with Crippen LogP contribution < -0.4 is 4.74 Å². The van der Waals surface area contributed by atoms with E-state index < -0.39 is 0 Å². The van der Waals surface area contributed by atoms with E-state index in [0.29, 0.717) is 0 Å². The summed E-state index contributed by atoms with van der Waals surface area (Å²) in [7, 11) is 0. The van der Waals surface area contributed by atoms with Crippen molar-refractivity contribution in [3.8, 4) is 17.1 Å². The average molecular weight is 381 g/mol. The average Bonchev–Trinajstić information content (AvgIpc) is 2.74. The zero-order valence-electron chi connectivity index (χ0n) is 17.8. The SMILES string of the molecule is CCCCCCOc1ccc(-c2ncc3c(n2)CCC(CCCCC)C3)cc1.